The summed E-state index contributed by atoms with van der Waals surface area (Å²) in [5, 5.41) is 7.46. The van der Waals surface area contributed by atoms with E-state index in [1.54, 1.807) is 6.21 Å². The molecule has 0 aliphatic carbocycles. The van der Waals surface area contributed by atoms with Crippen molar-refractivity contribution < 1.29 is 4.79 Å². The van der Waals surface area contributed by atoms with Crippen LogP contribution in [0.1, 0.15) is 41.3 Å². The minimum atomic E-state index is -0.264. The smallest absolute Gasteiger partial charge is 0.257 e. The summed E-state index contributed by atoms with van der Waals surface area (Å²) in [4.78, 5) is 22.3. The topological polar surface area (TPSA) is 98.2 Å². The van der Waals surface area contributed by atoms with E-state index in [2.05, 4.69) is 22.3 Å². The van der Waals surface area contributed by atoms with E-state index in [0.29, 0.717) is 34.3 Å². The number of nitrogens with zero attached hydrogens (tertiary/aromatic N) is 4. The molecule has 0 fully saturated rings. The van der Waals surface area contributed by atoms with E-state index in [1.807, 2.05) is 55.5 Å². The quantitative estimate of drug-likeness (QED) is 0.379. The number of aryl methyl sites for hydroxylation is 1. The van der Waals surface area contributed by atoms with Gasteiger partial charge in [-0.15, -0.1) is 0 Å². The number of carbonyl (C=O) groups is 1. The summed E-state index contributed by atoms with van der Waals surface area (Å²) in [6, 6.07) is 15.5. The Hall–Kier alpha value is -3.74. The Morgan fingerprint density at radius 2 is 1.93 bits per heavy atom. The molecule has 0 bridgehead atoms. The standard InChI is InChI=1S/C23H24N6O/c1-3-4-12-25-23(30)19-20-22(28-18-11-6-5-10-17(18)27-20)29(21(19)24)26-14-16-9-7-8-15(2)13-16/h5-11,13-14H,3-4,12,24H2,1-2H3,(H,25,30). The summed E-state index contributed by atoms with van der Waals surface area (Å²) in [5.41, 5.74) is 11.1. The monoisotopic (exact) mass is 400 g/mol. The largest absolute Gasteiger partial charge is 0.383 e. The molecule has 0 aliphatic heterocycles. The van der Waals surface area contributed by atoms with Gasteiger partial charge >= 0.3 is 0 Å². The van der Waals surface area contributed by atoms with Gasteiger partial charge in [-0.1, -0.05) is 55.3 Å². The minimum Gasteiger partial charge on any atom is -0.383 e. The molecular formula is C23H24N6O. The van der Waals surface area contributed by atoms with Crippen molar-refractivity contribution in [3.05, 3.63) is 65.2 Å². The highest BCUT2D eigenvalue weighted by atomic mass is 16.1. The van der Waals surface area contributed by atoms with Crippen molar-refractivity contribution in [2.45, 2.75) is 26.7 Å². The fourth-order valence-corrected chi connectivity index (χ4v) is 3.33. The van der Waals surface area contributed by atoms with Crippen LogP contribution in [0, 0.1) is 6.92 Å². The van der Waals surface area contributed by atoms with E-state index in [0.717, 1.165) is 24.0 Å². The van der Waals surface area contributed by atoms with Crippen LogP contribution in [-0.4, -0.2) is 33.3 Å². The maximum Gasteiger partial charge on any atom is 0.257 e. The molecule has 4 rings (SSSR count). The van der Waals surface area contributed by atoms with Crippen LogP contribution >= 0.6 is 0 Å². The number of benzene rings is 2. The molecule has 30 heavy (non-hydrogen) atoms. The number of nitrogens with two attached hydrogens (primary N) is 1. The Bertz CT molecular complexity index is 1260. The Morgan fingerprint density at radius 1 is 1.17 bits per heavy atom. The van der Waals surface area contributed by atoms with Crippen LogP contribution in [-0.2, 0) is 0 Å². The van der Waals surface area contributed by atoms with Crippen LogP contribution in [0.15, 0.2) is 53.6 Å². The Balaban J connectivity index is 1.86. The molecule has 3 N–H and O–H groups in total. The number of unbranched alkanes of at least 4 members (excludes halogenated alkanes) is 1. The highest BCUT2D eigenvalue weighted by Gasteiger charge is 2.23. The molecule has 152 valence electrons. The fraction of sp³-hybridized carbons (Fsp3) is 0.217. The molecule has 2 aromatic heterocycles. The van der Waals surface area contributed by atoms with Crippen molar-refractivity contribution in [2.75, 3.05) is 12.3 Å². The first-order valence-electron chi connectivity index (χ1n) is 10.0. The lowest BCUT2D eigenvalue weighted by Crippen LogP contribution is -2.25. The summed E-state index contributed by atoms with van der Waals surface area (Å²) >= 11 is 0. The lowest BCUT2D eigenvalue weighted by Gasteiger charge is -2.04. The van der Waals surface area contributed by atoms with Crippen LogP contribution in [0.2, 0.25) is 0 Å². The Morgan fingerprint density at radius 3 is 2.67 bits per heavy atom. The molecule has 2 heterocycles. The van der Waals surface area contributed by atoms with Gasteiger partial charge in [-0.05, 0) is 31.0 Å². The highest BCUT2D eigenvalue weighted by Crippen LogP contribution is 2.27. The normalized spacial score (nSPS) is 11.5. The summed E-state index contributed by atoms with van der Waals surface area (Å²) in [6.07, 6.45) is 3.59. The Labute approximate surface area is 174 Å². The molecule has 0 unspecified atom stereocenters. The molecule has 7 heteroatoms. The fourth-order valence-electron chi connectivity index (χ4n) is 3.33. The number of anilines is 1. The van der Waals surface area contributed by atoms with Crippen LogP contribution in [0.3, 0.4) is 0 Å². The first-order chi connectivity index (χ1) is 14.6. The van der Waals surface area contributed by atoms with Crippen LogP contribution in [0.4, 0.5) is 5.82 Å². The minimum absolute atomic E-state index is 0.221. The second-order valence-electron chi connectivity index (χ2n) is 7.22. The van der Waals surface area contributed by atoms with E-state index in [1.165, 1.54) is 4.68 Å². The van der Waals surface area contributed by atoms with Gasteiger partial charge in [0.25, 0.3) is 5.91 Å². The molecule has 1 amide bonds. The Kier molecular flexibility index (Phi) is 5.43. The SMILES string of the molecule is CCCCNC(=O)c1c(N)n(N=Cc2cccc(C)c2)c2nc3ccccc3nc12. The number of amides is 1. The van der Waals surface area contributed by atoms with Crippen LogP contribution in [0.25, 0.3) is 22.2 Å². The van der Waals surface area contributed by atoms with E-state index in [-0.39, 0.29) is 11.7 Å². The number of hydrogen-bond donors (Lipinski definition) is 2. The molecule has 4 aromatic rings. The second-order valence-corrected chi connectivity index (χ2v) is 7.22. The molecule has 0 saturated heterocycles. The van der Waals surface area contributed by atoms with Crippen LogP contribution < -0.4 is 11.1 Å². The van der Waals surface area contributed by atoms with Crippen molar-refractivity contribution in [3.63, 3.8) is 0 Å². The van der Waals surface area contributed by atoms with Crippen LogP contribution in [0.5, 0.6) is 0 Å². The average molecular weight is 400 g/mol. The zero-order valence-corrected chi connectivity index (χ0v) is 17.1. The van der Waals surface area contributed by atoms with Gasteiger partial charge in [-0.25, -0.2) is 9.97 Å². The number of nitrogen functional groups attached to an aromatic ring is 1. The summed E-state index contributed by atoms with van der Waals surface area (Å²) in [6.45, 7) is 4.67. The van der Waals surface area contributed by atoms with Gasteiger partial charge in [0.1, 0.15) is 16.9 Å². The molecule has 0 spiro atoms. The lowest BCUT2D eigenvalue weighted by atomic mass is 10.2. The highest BCUT2D eigenvalue weighted by molar-refractivity contribution is 6.10. The van der Waals surface area contributed by atoms with Crippen molar-refractivity contribution >= 4 is 40.1 Å². The number of rotatable bonds is 6. The van der Waals surface area contributed by atoms with Crippen molar-refractivity contribution in [1.82, 2.24) is 20.0 Å². The van der Waals surface area contributed by atoms with Gasteiger partial charge in [0.05, 0.1) is 17.2 Å². The first kappa shape index (κ1) is 19.6. The maximum atomic E-state index is 12.9. The van der Waals surface area contributed by atoms with Gasteiger partial charge in [0.2, 0.25) is 0 Å². The zero-order valence-electron chi connectivity index (χ0n) is 17.1. The molecule has 0 aliphatic rings. The van der Waals surface area contributed by atoms with Crippen molar-refractivity contribution in [3.8, 4) is 0 Å². The number of carbonyl (C=O) groups excluding carboxylic acids is 1. The number of hydrogen-bond acceptors (Lipinski definition) is 5. The van der Waals surface area contributed by atoms with Gasteiger partial charge in [-0.2, -0.15) is 9.78 Å². The third-order valence-electron chi connectivity index (χ3n) is 4.88. The lowest BCUT2D eigenvalue weighted by molar-refractivity contribution is 0.0955. The molecule has 7 nitrogen and oxygen atoms in total. The van der Waals surface area contributed by atoms with Gasteiger partial charge in [0.15, 0.2) is 5.65 Å². The van der Waals surface area contributed by atoms with Gasteiger partial charge < -0.3 is 11.1 Å². The molecular weight excluding hydrogens is 376 g/mol. The number of para-hydroxylation sites is 2. The first-order valence-corrected chi connectivity index (χ1v) is 10.0. The van der Waals surface area contributed by atoms with E-state index >= 15 is 0 Å². The van der Waals surface area contributed by atoms with Gasteiger partial charge in [0, 0.05) is 6.54 Å². The summed E-state index contributed by atoms with van der Waals surface area (Å²) < 4.78 is 1.49. The van der Waals surface area contributed by atoms with Gasteiger partial charge in [-0.3, -0.25) is 4.79 Å². The van der Waals surface area contributed by atoms with Crippen molar-refractivity contribution in [2.24, 2.45) is 5.10 Å². The molecule has 2 aromatic carbocycles. The number of nitrogens with one attached hydrogen (secondary N) is 1. The predicted molar refractivity (Wildman–Crippen MR) is 121 cm³/mol. The molecule has 0 radical (unpaired) electrons. The number of fused-ring (bicyclic) bond motifs is 2. The third-order valence-corrected chi connectivity index (χ3v) is 4.88. The van der Waals surface area contributed by atoms with E-state index in [9.17, 15) is 4.79 Å². The molecule has 0 saturated carbocycles. The molecule has 0 atom stereocenters. The zero-order chi connectivity index (χ0) is 21.1. The predicted octanol–water partition coefficient (Wildman–Crippen LogP) is 3.89. The average Bonchev–Trinajstić information content (AvgIpc) is 3.01. The van der Waals surface area contributed by atoms with Crippen molar-refractivity contribution in [1.29, 1.82) is 0 Å². The number of aromatic nitrogens is 3. The second kappa shape index (κ2) is 8.32. The third kappa shape index (κ3) is 3.74. The summed E-state index contributed by atoms with van der Waals surface area (Å²) in [7, 11) is 0. The summed E-state index contributed by atoms with van der Waals surface area (Å²) in [5.74, 6) is -0.0433. The maximum absolute atomic E-state index is 12.9. The van der Waals surface area contributed by atoms with E-state index < -0.39 is 0 Å². The van der Waals surface area contributed by atoms with E-state index in [4.69, 9.17) is 10.7 Å².